The summed E-state index contributed by atoms with van der Waals surface area (Å²) >= 11 is 0. The van der Waals surface area contributed by atoms with Crippen LogP contribution in [0.4, 0.5) is 11.4 Å². The van der Waals surface area contributed by atoms with Gasteiger partial charge in [-0.15, -0.1) is 0 Å². The minimum atomic E-state index is -0.153. The third-order valence-electron chi connectivity index (χ3n) is 5.45. The van der Waals surface area contributed by atoms with Crippen molar-refractivity contribution < 1.29 is 9.53 Å². The molecule has 1 amide bonds. The molecule has 1 aliphatic heterocycles. The Labute approximate surface area is 171 Å². The first-order valence-corrected chi connectivity index (χ1v) is 9.84. The summed E-state index contributed by atoms with van der Waals surface area (Å²) < 4.78 is 5.25. The van der Waals surface area contributed by atoms with E-state index in [0.717, 1.165) is 48.5 Å². The summed E-state index contributed by atoms with van der Waals surface area (Å²) in [5.41, 5.74) is 4.05. The number of likely N-dealkylation sites (N-methyl/N-ethyl adjacent to an activating group) is 1. The van der Waals surface area contributed by atoms with E-state index in [0.29, 0.717) is 11.3 Å². The number of aromatic nitrogens is 1. The molecule has 2 aromatic carbocycles. The van der Waals surface area contributed by atoms with Crippen molar-refractivity contribution in [1.82, 2.24) is 9.88 Å². The lowest BCUT2D eigenvalue weighted by Crippen LogP contribution is -2.44. The highest BCUT2D eigenvalue weighted by Gasteiger charge is 2.15. The number of carbonyl (C=O) groups excluding carboxylic acids is 1. The number of anilines is 2. The highest BCUT2D eigenvalue weighted by atomic mass is 16.5. The molecule has 150 valence electrons. The van der Waals surface area contributed by atoms with Crippen LogP contribution in [0.25, 0.3) is 10.9 Å². The highest BCUT2D eigenvalue weighted by molar-refractivity contribution is 6.06. The molecule has 2 heterocycles. The molecular formula is C23H26N4O2. The average molecular weight is 390 g/mol. The van der Waals surface area contributed by atoms with Crippen LogP contribution >= 0.6 is 0 Å². The third-order valence-corrected chi connectivity index (χ3v) is 5.45. The first-order valence-electron chi connectivity index (χ1n) is 9.84. The number of nitrogens with zero attached hydrogens (tertiary/aromatic N) is 3. The van der Waals surface area contributed by atoms with Crippen molar-refractivity contribution in [2.45, 2.75) is 6.92 Å². The van der Waals surface area contributed by atoms with Gasteiger partial charge in [0.1, 0.15) is 5.75 Å². The summed E-state index contributed by atoms with van der Waals surface area (Å²) in [6.07, 6.45) is 0. The number of piperazine rings is 1. The van der Waals surface area contributed by atoms with Gasteiger partial charge in [-0.2, -0.15) is 0 Å². The summed E-state index contributed by atoms with van der Waals surface area (Å²) in [6, 6.07) is 15.6. The Morgan fingerprint density at radius 1 is 1.03 bits per heavy atom. The number of nitrogens with one attached hydrogen (secondary N) is 1. The van der Waals surface area contributed by atoms with Crippen LogP contribution in [0, 0.1) is 6.92 Å². The van der Waals surface area contributed by atoms with E-state index in [1.165, 1.54) is 5.69 Å². The molecule has 0 radical (unpaired) electrons. The molecule has 29 heavy (non-hydrogen) atoms. The monoisotopic (exact) mass is 390 g/mol. The number of ether oxygens (including phenoxy) is 1. The van der Waals surface area contributed by atoms with E-state index in [1.54, 1.807) is 7.11 Å². The molecule has 1 aromatic heterocycles. The molecule has 6 heteroatoms. The summed E-state index contributed by atoms with van der Waals surface area (Å²) in [7, 11) is 3.78. The van der Waals surface area contributed by atoms with Crippen molar-refractivity contribution in [3.8, 4) is 5.75 Å². The lowest BCUT2D eigenvalue weighted by molar-refractivity contribution is 0.102. The van der Waals surface area contributed by atoms with Crippen LogP contribution in [0.5, 0.6) is 5.75 Å². The van der Waals surface area contributed by atoms with E-state index in [2.05, 4.69) is 39.3 Å². The number of hydrogen-bond donors (Lipinski definition) is 1. The average Bonchev–Trinajstić information content (AvgIpc) is 2.74. The fraction of sp³-hybridized carbons (Fsp3) is 0.304. The standard InChI is InChI=1S/C23H26N4O2/c1-16-21(14-17-4-9-20(29-3)15-22(17)24-16)23(28)25-18-5-7-19(8-6-18)27-12-10-26(2)11-13-27/h4-9,14-15H,10-13H2,1-3H3,(H,25,28). The summed E-state index contributed by atoms with van der Waals surface area (Å²) in [5.74, 6) is 0.599. The van der Waals surface area contributed by atoms with Crippen LogP contribution in [-0.2, 0) is 0 Å². The number of benzene rings is 2. The second kappa shape index (κ2) is 8.09. The molecule has 6 nitrogen and oxygen atoms in total. The number of pyridine rings is 1. The lowest BCUT2D eigenvalue weighted by atomic mass is 10.1. The van der Waals surface area contributed by atoms with E-state index in [9.17, 15) is 4.79 Å². The Balaban J connectivity index is 1.49. The van der Waals surface area contributed by atoms with Crippen molar-refractivity contribution >= 4 is 28.2 Å². The van der Waals surface area contributed by atoms with Gasteiger partial charge in [-0.25, -0.2) is 0 Å². The van der Waals surface area contributed by atoms with Gasteiger partial charge >= 0.3 is 0 Å². The highest BCUT2D eigenvalue weighted by Crippen LogP contribution is 2.23. The Kier molecular flexibility index (Phi) is 5.36. The number of hydrogen-bond acceptors (Lipinski definition) is 5. The van der Waals surface area contributed by atoms with Crippen molar-refractivity contribution in [2.75, 3.05) is 50.6 Å². The van der Waals surface area contributed by atoms with Gasteiger partial charge in [0, 0.05) is 49.0 Å². The SMILES string of the molecule is COc1ccc2cc(C(=O)Nc3ccc(N4CCN(C)CC4)cc3)c(C)nc2c1. The Hall–Kier alpha value is -3.12. The number of carbonyl (C=O) groups is 1. The molecule has 0 bridgehead atoms. The van der Waals surface area contributed by atoms with Crippen molar-refractivity contribution in [3.05, 3.63) is 59.8 Å². The fourth-order valence-electron chi connectivity index (χ4n) is 3.62. The molecule has 3 aromatic rings. The van der Waals surface area contributed by atoms with E-state index < -0.39 is 0 Å². The molecule has 0 unspecified atom stereocenters. The lowest BCUT2D eigenvalue weighted by Gasteiger charge is -2.34. The maximum atomic E-state index is 12.8. The second-order valence-corrected chi connectivity index (χ2v) is 7.47. The zero-order chi connectivity index (χ0) is 20.4. The van der Waals surface area contributed by atoms with Gasteiger partial charge in [-0.05, 0) is 56.4 Å². The van der Waals surface area contributed by atoms with Gasteiger partial charge < -0.3 is 19.9 Å². The van der Waals surface area contributed by atoms with Crippen LogP contribution in [0.3, 0.4) is 0 Å². The Morgan fingerprint density at radius 2 is 1.76 bits per heavy atom. The smallest absolute Gasteiger partial charge is 0.257 e. The van der Waals surface area contributed by atoms with E-state index in [4.69, 9.17) is 4.74 Å². The predicted molar refractivity (Wildman–Crippen MR) is 117 cm³/mol. The number of fused-ring (bicyclic) bond motifs is 1. The van der Waals surface area contributed by atoms with Gasteiger partial charge in [0.25, 0.3) is 5.91 Å². The fourth-order valence-corrected chi connectivity index (χ4v) is 3.62. The topological polar surface area (TPSA) is 57.7 Å². The first kappa shape index (κ1) is 19.2. The molecular weight excluding hydrogens is 364 g/mol. The summed E-state index contributed by atoms with van der Waals surface area (Å²) in [4.78, 5) is 22.1. The summed E-state index contributed by atoms with van der Waals surface area (Å²) in [6.45, 7) is 6.03. The molecule has 1 N–H and O–H groups in total. The zero-order valence-corrected chi connectivity index (χ0v) is 17.1. The molecule has 0 spiro atoms. The molecule has 1 saturated heterocycles. The molecule has 0 aliphatic carbocycles. The minimum absolute atomic E-state index is 0.153. The molecule has 1 aliphatic rings. The van der Waals surface area contributed by atoms with E-state index in [-0.39, 0.29) is 5.91 Å². The Bertz CT molecular complexity index is 1020. The number of amides is 1. The largest absolute Gasteiger partial charge is 0.497 e. The Morgan fingerprint density at radius 3 is 2.45 bits per heavy atom. The number of methoxy groups -OCH3 is 1. The minimum Gasteiger partial charge on any atom is -0.497 e. The number of rotatable bonds is 4. The second-order valence-electron chi connectivity index (χ2n) is 7.47. The van der Waals surface area contributed by atoms with Crippen molar-refractivity contribution in [1.29, 1.82) is 0 Å². The van der Waals surface area contributed by atoms with Gasteiger partial charge in [-0.3, -0.25) is 9.78 Å². The van der Waals surface area contributed by atoms with Gasteiger partial charge in [0.05, 0.1) is 23.9 Å². The van der Waals surface area contributed by atoms with Crippen LogP contribution in [0.2, 0.25) is 0 Å². The van der Waals surface area contributed by atoms with Crippen molar-refractivity contribution in [2.24, 2.45) is 0 Å². The van der Waals surface area contributed by atoms with E-state index in [1.807, 2.05) is 43.3 Å². The maximum absolute atomic E-state index is 12.8. The van der Waals surface area contributed by atoms with Crippen molar-refractivity contribution in [3.63, 3.8) is 0 Å². The molecule has 0 atom stereocenters. The van der Waals surface area contributed by atoms with Crippen LogP contribution in [-0.4, -0.2) is 56.1 Å². The summed E-state index contributed by atoms with van der Waals surface area (Å²) in [5, 5.41) is 3.90. The molecule has 0 saturated carbocycles. The van der Waals surface area contributed by atoms with Gasteiger partial charge in [0.15, 0.2) is 0 Å². The normalized spacial score (nSPS) is 14.8. The number of aryl methyl sites for hydroxylation is 1. The first-order chi connectivity index (χ1) is 14.0. The molecule has 4 rings (SSSR count). The molecule has 1 fully saturated rings. The van der Waals surface area contributed by atoms with Crippen LogP contribution in [0.1, 0.15) is 16.1 Å². The van der Waals surface area contributed by atoms with E-state index >= 15 is 0 Å². The van der Waals surface area contributed by atoms with Gasteiger partial charge in [-0.1, -0.05) is 0 Å². The third kappa shape index (κ3) is 4.17. The quantitative estimate of drug-likeness (QED) is 0.738. The predicted octanol–water partition coefficient (Wildman–Crippen LogP) is 3.56. The van der Waals surface area contributed by atoms with Crippen LogP contribution < -0.4 is 15.0 Å². The van der Waals surface area contributed by atoms with Gasteiger partial charge in [0.2, 0.25) is 0 Å². The zero-order valence-electron chi connectivity index (χ0n) is 17.1. The maximum Gasteiger partial charge on any atom is 0.257 e. The van der Waals surface area contributed by atoms with Crippen LogP contribution in [0.15, 0.2) is 48.5 Å².